The van der Waals surface area contributed by atoms with Crippen molar-refractivity contribution in [2.24, 2.45) is 12.0 Å². The van der Waals surface area contributed by atoms with E-state index < -0.39 is 0 Å². The lowest BCUT2D eigenvalue weighted by atomic mass is 10.0. The maximum absolute atomic E-state index is 5.17. The number of pyridine rings is 1. The Labute approximate surface area is 165 Å². The van der Waals surface area contributed by atoms with Gasteiger partial charge in [0, 0.05) is 58.1 Å². The van der Waals surface area contributed by atoms with Crippen LogP contribution >= 0.6 is 24.0 Å². The summed E-state index contributed by atoms with van der Waals surface area (Å²) in [6.45, 7) is 2.66. The molecule has 0 spiro atoms. The Morgan fingerprint density at radius 1 is 1.48 bits per heavy atom. The number of guanidine groups is 1. The lowest BCUT2D eigenvalue weighted by Crippen LogP contribution is -2.39. The van der Waals surface area contributed by atoms with Crippen LogP contribution in [0.1, 0.15) is 23.5 Å². The number of aliphatic imine (C=N–C) groups is 1. The van der Waals surface area contributed by atoms with Crippen LogP contribution in [0.25, 0.3) is 0 Å². The van der Waals surface area contributed by atoms with E-state index in [0.717, 1.165) is 31.0 Å². The van der Waals surface area contributed by atoms with Gasteiger partial charge in [-0.2, -0.15) is 5.10 Å². The molecule has 1 N–H and O–H groups in total. The number of nitrogens with one attached hydrogen (secondary N) is 1. The molecular weight excluding hydrogens is 431 g/mol. The number of nitrogens with zero attached hydrogens (tertiary/aromatic N) is 5. The van der Waals surface area contributed by atoms with E-state index in [2.05, 4.69) is 31.5 Å². The summed E-state index contributed by atoms with van der Waals surface area (Å²) in [5, 5.41) is 7.71. The summed E-state index contributed by atoms with van der Waals surface area (Å²) in [7, 11) is 5.41. The zero-order valence-electron chi connectivity index (χ0n) is 14.8. The van der Waals surface area contributed by atoms with Crippen molar-refractivity contribution in [2.75, 3.05) is 27.2 Å². The van der Waals surface area contributed by atoms with Gasteiger partial charge in [-0.25, -0.2) is 4.98 Å². The average molecular weight is 456 g/mol. The number of aromatic nitrogens is 3. The predicted molar refractivity (Wildman–Crippen MR) is 109 cm³/mol. The Morgan fingerprint density at radius 3 is 3.00 bits per heavy atom. The smallest absolute Gasteiger partial charge is 0.213 e. The first-order valence-corrected chi connectivity index (χ1v) is 8.12. The molecule has 1 saturated heterocycles. The number of methoxy groups -OCH3 is 1. The second-order valence-electron chi connectivity index (χ2n) is 5.99. The summed E-state index contributed by atoms with van der Waals surface area (Å²) in [4.78, 5) is 10.9. The molecule has 0 bridgehead atoms. The molecule has 1 fully saturated rings. The predicted octanol–water partition coefficient (Wildman–Crippen LogP) is 2.01. The number of ether oxygens (including phenoxy) is 1. The molecule has 0 aliphatic carbocycles. The van der Waals surface area contributed by atoms with Crippen LogP contribution in [-0.2, 0) is 13.6 Å². The highest BCUT2D eigenvalue weighted by Crippen LogP contribution is 2.26. The molecule has 0 aromatic carbocycles. The number of halogens is 1. The van der Waals surface area contributed by atoms with E-state index >= 15 is 0 Å². The van der Waals surface area contributed by atoms with Crippen molar-refractivity contribution in [1.82, 2.24) is 25.0 Å². The van der Waals surface area contributed by atoms with Gasteiger partial charge in [0.15, 0.2) is 5.96 Å². The molecule has 7 nitrogen and oxygen atoms in total. The van der Waals surface area contributed by atoms with Crippen molar-refractivity contribution in [2.45, 2.75) is 18.9 Å². The molecule has 2 aromatic rings. The molecule has 1 aliphatic rings. The molecule has 136 valence electrons. The SMILES string of the molecule is CN=C(NCc1ccnc(OC)c1)N1CCC(c2cnn(C)c2)C1.I. The van der Waals surface area contributed by atoms with Crippen molar-refractivity contribution in [3.63, 3.8) is 0 Å². The third-order valence-corrected chi connectivity index (χ3v) is 4.35. The van der Waals surface area contributed by atoms with Gasteiger partial charge in [0.25, 0.3) is 0 Å². The van der Waals surface area contributed by atoms with Crippen LogP contribution in [0.3, 0.4) is 0 Å². The molecule has 8 heteroatoms. The maximum Gasteiger partial charge on any atom is 0.213 e. The molecule has 1 unspecified atom stereocenters. The first kappa shape index (κ1) is 19.5. The number of rotatable bonds is 4. The van der Waals surface area contributed by atoms with Crippen molar-refractivity contribution in [1.29, 1.82) is 0 Å². The van der Waals surface area contributed by atoms with Crippen molar-refractivity contribution in [3.8, 4) is 5.88 Å². The Morgan fingerprint density at radius 2 is 2.32 bits per heavy atom. The van der Waals surface area contributed by atoms with Crippen molar-refractivity contribution in [3.05, 3.63) is 41.9 Å². The summed E-state index contributed by atoms with van der Waals surface area (Å²) in [6.07, 6.45) is 6.95. The molecule has 0 radical (unpaired) electrons. The molecule has 0 saturated carbocycles. The van der Waals surface area contributed by atoms with E-state index in [-0.39, 0.29) is 24.0 Å². The third kappa shape index (κ3) is 4.83. The van der Waals surface area contributed by atoms with Crippen molar-refractivity contribution >= 4 is 29.9 Å². The number of aryl methyl sites for hydroxylation is 1. The highest BCUT2D eigenvalue weighted by atomic mass is 127. The number of likely N-dealkylation sites (tertiary alicyclic amines) is 1. The second kappa shape index (κ2) is 9.02. The lowest BCUT2D eigenvalue weighted by molar-refractivity contribution is 0.397. The maximum atomic E-state index is 5.17. The normalized spacial score (nSPS) is 17.3. The van der Waals surface area contributed by atoms with E-state index in [1.165, 1.54) is 5.56 Å². The Bertz CT molecular complexity index is 717. The fourth-order valence-electron chi connectivity index (χ4n) is 3.06. The minimum Gasteiger partial charge on any atom is -0.481 e. The number of hydrogen-bond acceptors (Lipinski definition) is 4. The lowest BCUT2D eigenvalue weighted by Gasteiger charge is -2.21. The summed E-state index contributed by atoms with van der Waals surface area (Å²) < 4.78 is 7.03. The molecule has 2 aromatic heterocycles. The first-order chi connectivity index (χ1) is 11.7. The zero-order valence-corrected chi connectivity index (χ0v) is 17.2. The van der Waals surface area contributed by atoms with Crippen LogP contribution in [0.15, 0.2) is 35.7 Å². The van der Waals surface area contributed by atoms with E-state index in [1.807, 2.05) is 37.1 Å². The minimum atomic E-state index is 0. The zero-order chi connectivity index (χ0) is 16.9. The van der Waals surface area contributed by atoms with Crippen LogP contribution in [0.5, 0.6) is 5.88 Å². The molecule has 0 amide bonds. The van der Waals surface area contributed by atoms with Gasteiger partial charge in [-0.1, -0.05) is 0 Å². The summed E-state index contributed by atoms with van der Waals surface area (Å²) in [5.74, 6) is 2.07. The van der Waals surface area contributed by atoms with Crippen LogP contribution < -0.4 is 10.1 Å². The summed E-state index contributed by atoms with van der Waals surface area (Å²) in [6, 6.07) is 3.91. The summed E-state index contributed by atoms with van der Waals surface area (Å²) in [5.41, 5.74) is 2.42. The fourth-order valence-corrected chi connectivity index (χ4v) is 3.06. The first-order valence-electron chi connectivity index (χ1n) is 8.12. The highest BCUT2D eigenvalue weighted by Gasteiger charge is 2.26. The minimum absolute atomic E-state index is 0. The number of hydrogen-bond donors (Lipinski definition) is 1. The van der Waals surface area contributed by atoms with Crippen LogP contribution in [-0.4, -0.2) is 52.9 Å². The molecular formula is C17H25IN6O. The topological polar surface area (TPSA) is 67.6 Å². The van der Waals surface area contributed by atoms with Crippen molar-refractivity contribution < 1.29 is 4.74 Å². The standard InChI is InChI=1S/C17H24N6O.HI/c1-18-17(20-9-13-4-6-19-16(8-13)24-3)23-7-5-14(12-23)15-10-21-22(2)11-15;/h4,6,8,10-11,14H,5,7,9,12H2,1-3H3,(H,18,20);1H. The van der Waals surface area contributed by atoms with Crippen LogP contribution in [0.2, 0.25) is 0 Å². The van der Waals surface area contributed by atoms with E-state index in [1.54, 1.807) is 13.3 Å². The molecule has 1 aliphatic heterocycles. The van der Waals surface area contributed by atoms with Gasteiger partial charge in [-0.15, -0.1) is 24.0 Å². The second-order valence-corrected chi connectivity index (χ2v) is 5.99. The van der Waals surface area contributed by atoms with Gasteiger partial charge in [0.1, 0.15) is 0 Å². The molecule has 3 rings (SSSR count). The van der Waals surface area contributed by atoms with E-state index in [0.29, 0.717) is 18.3 Å². The Kier molecular flexibility index (Phi) is 7.03. The van der Waals surface area contributed by atoms with Gasteiger partial charge in [-0.05, 0) is 23.6 Å². The van der Waals surface area contributed by atoms with Gasteiger partial charge < -0.3 is 15.0 Å². The van der Waals surface area contributed by atoms with Gasteiger partial charge in [0.2, 0.25) is 5.88 Å². The van der Waals surface area contributed by atoms with Gasteiger partial charge in [-0.3, -0.25) is 9.67 Å². The quantitative estimate of drug-likeness (QED) is 0.433. The Hall–Kier alpha value is -1.84. The molecule has 3 heterocycles. The van der Waals surface area contributed by atoms with Gasteiger partial charge >= 0.3 is 0 Å². The molecule has 1 atom stereocenters. The van der Waals surface area contributed by atoms with Crippen LogP contribution in [0, 0.1) is 0 Å². The van der Waals surface area contributed by atoms with Gasteiger partial charge in [0.05, 0.1) is 13.3 Å². The van der Waals surface area contributed by atoms with Crippen LogP contribution in [0.4, 0.5) is 0 Å². The van der Waals surface area contributed by atoms with E-state index in [4.69, 9.17) is 4.74 Å². The monoisotopic (exact) mass is 456 g/mol. The largest absolute Gasteiger partial charge is 0.481 e. The molecule has 25 heavy (non-hydrogen) atoms. The van der Waals surface area contributed by atoms with E-state index in [9.17, 15) is 0 Å². The summed E-state index contributed by atoms with van der Waals surface area (Å²) >= 11 is 0. The highest BCUT2D eigenvalue weighted by molar-refractivity contribution is 14.0. The third-order valence-electron chi connectivity index (χ3n) is 4.35. The average Bonchev–Trinajstić information content (AvgIpc) is 3.25. The Balaban J connectivity index is 0.00000225. The fraction of sp³-hybridized carbons (Fsp3) is 0.471.